The molecule has 0 aromatic carbocycles. The van der Waals surface area contributed by atoms with Crippen molar-refractivity contribution >= 4 is 5.91 Å². The summed E-state index contributed by atoms with van der Waals surface area (Å²) in [5.74, 6) is 0.738. The largest absolute Gasteiger partial charge is 0.387 e. The van der Waals surface area contributed by atoms with Crippen LogP contribution in [-0.4, -0.2) is 89.7 Å². The first kappa shape index (κ1) is 22.1. The monoisotopic (exact) mass is 455 g/mol. The molecule has 0 saturated carbocycles. The smallest absolute Gasteiger partial charge is 0.233 e. The number of likely N-dealkylation sites (tertiary alicyclic amines) is 2. The minimum atomic E-state index is -0.929. The van der Waals surface area contributed by atoms with Gasteiger partial charge >= 0.3 is 0 Å². The zero-order chi connectivity index (χ0) is 23.0. The van der Waals surface area contributed by atoms with Gasteiger partial charge in [0.2, 0.25) is 5.91 Å². The van der Waals surface area contributed by atoms with Crippen molar-refractivity contribution in [2.45, 2.75) is 51.0 Å². The van der Waals surface area contributed by atoms with Crippen LogP contribution >= 0.6 is 0 Å². The fourth-order valence-electron chi connectivity index (χ4n) is 5.25. The number of hydrogen-bond acceptors (Lipinski definition) is 9. The number of carbonyl (C=O) groups is 1. The van der Waals surface area contributed by atoms with Crippen LogP contribution in [-0.2, 0) is 9.53 Å². The third-order valence-corrected chi connectivity index (χ3v) is 7.17. The van der Waals surface area contributed by atoms with Gasteiger partial charge in [0, 0.05) is 30.0 Å². The fourth-order valence-corrected chi connectivity index (χ4v) is 5.25. The van der Waals surface area contributed by atoms with Crippen LogP contribution in [0.15, 0.2) is 36.4 Å². The van der Waals surface area contributed by atoms with Crippen LogP contribution in [0.4, 0.5) is 0 Å². The van der Waals surface area contributed by atoms with Crippen molar-refractivity contribution in [1.82, 2.24) is 35.0 Å². The molecule has 11 nitrogen and oxygen atoms in total. The lowest BCUT2D eigenvalue weighted by atomic mass is 9.75. The van der Waals surface area contributed by atoms with E-state index in [2.05, 4.69) is 32.3 Å². The molecule has 3 aliphatic heterocycles. The summed E-state index contributed by atoms with van der Waals surface area (Å²) in [4.78, 5) is 21.9. The van der Waals surface area contributed by atoms with Crippen LogP contribution in [0.25, 0.3) is 5.82 Å². The average Bonchev–Trinajstić information content (AvgIpc) is 3.56. The number of piperidine rings is 1. The Kier molecular flexibility index (Phi) is 5.95. The predicted octanol–water partition coefficient (Wildman–Crippen LogP) is 0.416. The van der Waals surface area contributed by atoms with E-state index in [1.165, 1.54) is 11.0 Å². The van der Waals surface area contributed by atoms with E-state index in [1.807, 2.05) is 11.0 Å². The topological polar surface area (TPSA) is 130 Å². The zero-order valence-electron chi connectivity index (χ0n) is 18.6. The lowest BCUT2D eigenvalue weighted by Gasteiger charge is -2.38. The van der Waals surface area contributed by atoms with Crippen molar-refractivity contribution in [3.63, 3.8) is 0 Å². The SMILES string of the molecule is CCC1CC2(CCN(C[C@H](O)c3ccc(-n4cnnn4)nc3)CC2)C(=O)N1C1=CC(O)OC1. The third kappa shape index (κ3) is 4.17. The zero-order valence-corrected chi connectivity index (χ0v) is 18.6. The van der Waals surface area contributed by atoms with Crippen LogP contribution in [0, 0.1) is 5.41 Å². The van der Waals surface area contributed by atoms with Gasteiger partial charge in [-0.3, -0.25) is 4.79 Å². The number of amides is 1. The average molecular weight is 456 g/mol. The highest BCUT2D eigenvalue weighted by atomic mass is 16.6. The summed E-state index contributed by atoms with van der Waals surface area (Å²) in [6.07, 6.45) is 6.38. The molecule has 1 spiro atoms. The first-order chi connectivity index (χ1) is 16.0. The first-order valence-electron chi connectivity index (χ1n) is 11.4. The van der Waals surface area contributed by atoms with Crippen LogP contribution in [0.2, 0.25) is 0 Å². The van der Waals surface area contributed by atoms with Crippen molar-refractivity contribution in [1.29, 1.82) is 0 Å². The number of nitrogens with zero attached hydrogens (tertiary/aromatic N) is 7. The Morgan fingerprint density at radius 3 is 2.73 bits per heavy atom. The van der Waals surface area contributed by atoms with Crippen molar-refractivity contribution in [3.05, 3.63) is 42.0 Å². The van der Waals surface area contributed by atoms with Crippen molar-refractivity contribution in [2.24, 2.45) is 5.41 Å². The fraction of sp³-hybridized carbons (Fsp3) is 0.591. The Balaban J connectivity index is 1.20. The van der Waals surface area contributed by atoms with E-state index < -0.39 is 12.4 Å². The molecule has 2 aromatic rings. The summed E-state index contributed by atoms with van der Waals surface area (Å²) in [5.41, 5.74) is 1.14. The Morgan fingerprint density at radius 1 is 1.30 bits per heavy atom. The molecule has 2 unspecified atom stereocenters. The van der Waals surface area contributed by atoms with Gasteiger partial charge in [-0.2, -0.15) is 4.68 Å². The molecule has 0 radical (unpaired) electrons. The molecular weight excluding hydrogens is 426 g/mol. The summed E-state index contributed by atoms with van der Waals surface area (Å²) < 4.78 is 6.70. The molecule has 3 atom stereocenters. The minimum Gasteiger partial charge on any atom is -0.387 e. The first-order valence-corrected chi connectivity index (χ1v) is 11.4. The van der Waals surface area contributed by atoms with Crippen LogP contribution < -0.4 is 0 Å². The number of aliphatic hydroxyl groups is 2. The number of aromatic nitrogens is 5. The molecule has 3 aliphatic rings. The van der Waals surface area contributed by atoms with Gasteiger partial charge in [0.25, 0.3) is 0 Å². The van der Waals surface area contributed by atoms with Crippen LogP contribution in [0.5, 0.6) is 0 Å². The maximum Gasteiger partial charge on any atom is 0.233 e. The highest BCUT2D eigenvalue weighted by Crippen LogP contribution is 2.47. The van der Waals surface area contributed by atoms with Gasteiger partial charge < -0.3 is 24.7 Å². The van der Waals surface area contributed by atoms with E-state index in [0.29, 0.717) is 12.4 Å². The summed E-state index contributed by atoms with van der Waals surface area (Å²) in [6.45, 7) is 4.37. The second-order valence-electron chi connectivity index (χ2n) is 9.10. The van der Waals surface area contributed by atoms with Crippen molar-refractivity contribution in [3.8, 4) is 5.82 Å². The second kappa shape index (κ2) is 8.90. The lowest BCUT2D eigenvalue weighted by molar-refractivity contribution is -0.137. The molecule has 11 heteroatoms. The molecule has 0 aliphatic carbocycles. The number of ether oxygens (including phenoxy) is 1. The third-order valence-electron chi connectivity index (χ3n) is 7.17. The summed E-state index contributed by atoms with van der Waals surface area (Å²) in [5, 5.41) is 31.5. The van der Waals surface area contributed by atoms with E-state index in [1.54, 1.807) is 18.3 Å². The number of carbonyl (C=O) groups excluding carboxylic acids is 1. The Morgan fingerprint density at radius 2 is 2.12 bits per heavy atom. The molecule has 33 heavy (non-hydrogen) atoms. The van der Waals surface area contributed by atoms with Gasteiger partial charge in [-0.1, -0.05) is 13.0 Å². The van der Waals surface area contributed by atoms with Gasteiger partial charge in [-0.25, -0.2) is 4.98 Å². The van der Waals surface area contributed by atoms with Crippen LogP contribution in [0.3, 0.4) is 0 Å². The Bertz CT molecular complexity index is 1000. The van der Waals surface area contributed by atoms with E-state index in [4.69, 9.17) is 4.74 Å². The van der Waals surface area contributed by atoms with E-state index in [0.717, 1.165) is 50.0 Å². The second-order valence-corrected chi connectivity index (χ2v) is 9.10. The van der Waals surface area contributed by atoms with E-state index >= 15 is 0 Å². The molecule has 2 aromatic heterocycles. The molecule has 2 N–H and O–H groups in total. The van der Waals surface area contributed by atoms with Gasteiger partial charge in [-0.15, -0.1) is 5.10 Å². The van der Waals surface area contributed by atoms with Gasteiger partial charge in [0.15, 0.2) is 12.1 Å². The normalized spacial score (nSPS) is 26.2. The van der Waals surface area contributed by atoms with Crippen LogP contribution in [0.1, 0.15) is 44.3 Å². The maximum atomic E-state index is 13.5. The molecule has 5 rings (SSSR count). The molecule has 176 valence electrons. The quantitative estimate of drug-likeness (QED) is 0.636. The number of rotatable bonds is 6. The van der Waals surface area contributed by atoms with Crippen molar-refractivity contribution < 1.29 is 19.7 Å². The van der Waals surface area contributed by atoms with E-state index in [-0.39, 0.29) is 24.0 Å². The Hall–Kier alpha value is -2.73. The van der Waals surface area contributed by atoms with Gasteiger partial charge in [-0.05, 0) is 61.3 Å². The maximum absolute atomic E-state index is 13.5. The molecule has 0 bridgehead atoms. The summed E-state index contributed by atoms with van der Waals surface area (Å²) in [6, 6.07) is 3.74. The highest BCUT2D eigenvalue weighted by molar-refractivity contribution is 5.87. The number of aliphatic hydroxyl groups excluding tert-OH is 2. The molecule has 2 saturated heterocycles. The molecule has 5 heterocycles. The molecule has 1 amide bonds. The van der Waals surface area contributed by atoms with Gasteiger partial charge in [0.1, 0.15) is 6.33 Å². The highest BCUT2D eigenvalue weighted by Gasteiger charge is 2.53. The number of β-amino-alcohol motifs (C(OH)–C–C–N with tert-alkyl or cyclic N) is 1. The van der Waals surface area contributed by atoms with Crippen molar-refractivity contribution in [2.75, 3.05) is 26.2 Å². The number of hydrogen-bond donors (Lipinski definition) is 2. The number of tetrazole rings is 1. The summed E-state index contributed by atoms with van der Waals surface area (Å²) in [7, 11) is 0. The van der Waals surface area contributed by atoms with E-state index in [9.17, 15) is 15.0 Å². The predicted molar refractivity (Wildman–Crippen MR) is 116 cm³/mol. The van der Waals surface area contributed by atoms with Gasteiger partial charge in [0.05, 0.1) is 18.1 Å². The standard InChI is InChI=1S/C22H29N7O4/c1-2-16-10-22(21(32)29(16)17-9-20(31)33-13-17)5-7-27(8-6-22)12-18(30)15-3-4-19(23-11-15)28-14-24-25-26-28/h3-4,9,11,14,16,18,20,30-31H,2,5-8,10,12-13H2,1H3/t16?,18-,20?/m0/s1. The molecular formula is C22H29N7O4. The lowest BCUT2D eigenvalue weighted by Crippen LogP contribution is -2.45. The summed E-state index contributed by atoms with van der Waals surface area (Å²) >= 11 is 0. The minimum absolute atomic E-state index is 0.138. The Labute approximate surface area is 191 Å². The molecule has 2 fully saturated rings. The number of pyridine rings is 1.